The Balaban J connectivity index is 0.000000421. The van der Waals surface area contributed by atoms with Crippen molar-refractivity contribution in [3.8, 4) is 0 Å². The van der Waals surface area contributed by atoms with Crippen molar-refractivity contribution in [3.05, 3.63) is 144 Å². The molecule has 0 fully saturated rings. The average molecular weight is 708 g/mol. The zero-order chi connectivity index (χ0) is 29.5. The van der Waals surface area contributed by atoms with Crippen molar-refractivity contribution < 1.29 is 36.3 Å². The molecule has 0 radical (unpaired) electrons. The van der Waals surface area contributed by atoms with Gasteiger partial charge in [-0.2, -0.15) is 47.0 Å². The molecule has 0 amide bonds. The highest BCUT2D eigenvalue weighted by Crippen LogP contribution is 2.21. The van der Waals surface area contributed by atoms with Crippen LogP contribution in [0.15, 0.2) is 121 Å². The maximum absolute atomic E-state index is 4.11. The second-order valence-electron chi connectivity index (χ2n) is 10.3. The number of hydrogen-bond donors (Lipinski definition) is 2. The van der Waals surface area contributed by atoms with Gasteiger partial charge in [0.05, 0.1) is 13.1 Å². The summed E-state index contributed by atoms with van der Waals surface area (Å²) in [5.74, 6) is 10.7. The smallest absolute Gasteiger partial charge is 0.0784 e. The van der Waals surface area contributed by atoms with Crippen LogP contribution in [-0.4, -0.2) is 36.1 Å². The highest BCUT2D eigenvalue weighted by Gasteiger charge is 2.10. The first-order chi connectivity index (χ1) is 20.8. The van der Waals surface area contributed by atoms with Crippen LogP contribution >= 0.6 is 47.0 Å². The summed E-state index contributed by atoms with van der Waals surface area (Å²) in [5, 5.41) is 0. The van der Waals surface area contributed by atoms with Crippen LogP contribution < -0.4 is 36.3 Å². The van der Waals surface area contributed by atoms with Gasteiger partial charge in [0.15, 0.2) is 0 Å². The molecule has 0 aliphatic rings. The van der Waals surface area contributed by atoms with Crippen LogP contribution in [0.4, 0.5) is 0 Å². The Morgan fingerprint density at radius 1 is 0.364 bits per heavy atom. The predicted molar refractivity (Wildman–Crippen MR) is 193 cm³/mol. The van der Waals surface area contributed by atoms with Crippen LogP contribution in [0.3, 0.4) is 0 Å². The van der Waals surface area contributed by atoms with Crippen LogP contribution in [-0.2, 0) is 23.0 Å². The molecular weight excluding hydrogens is 660 g/mol. The second kappa shape index (κ2) is 26.9. The van der Waals surface area contributed by atoms with Gasteiger partial charge in [0.25, 0.3) is 0 Å². The van der Waals surface area contributed by atoms with E-state index in [1.165, 1.54) is 45.3 Å². The first-order valence-electron chi connectivity index (χ1n) is 14.8. The lowest BCUT2D eigenvalue weighted by molar-refractivity contribution is -0.376. The van der Waals surface area contributed by atoms with Gasteiger partial charge in [0.1, 0.15) is 0 Å². The van der Waals surface area contributed by atoms with Crippen molar-refractivity contribution in [1.29, 1.82) is 0 Å². The van der Waals surface area contributed by atoms with E-state index in [1.807, 2.05) is 47.0 Å². The quantitative estimate of drug-likeness (QED) is 0.165. The number of thioether (sulfide) groups is 4. The van der Waals surface area contributed by atoms with Crippen LogP contribution in [0.25, 0.3) is 0 Å². The molecule has 240 valence electrons. The Morgan fingerprint density at radius 2 is 0.568 bits per heavy atom. The van der Waals surface area contributed by atoms with Crippen molar-refractivity contribution in [3.63, 3.8) is 0 Å². The van der Waals surface area contributed by atoms with Crippen LogP contribution in [0, 0.1) is 11.8 Å². The van der Waals surface area contributed by atoms with Crippen molar-refractivity contribution >= 4 is 47.0 Å². The summed E-state index contributed by atoms with van der Waals surface area (Å²) >= 11 is 8.13. The molecule has 0 spiro atoms. The molecule has 2 nitrogen and oxygen atoms in total. The maximum atomic E-state index is 4.11. The highest BCUT2D eigenvalue weighted by molar-refractivity contribution is 7.99. The van der Waals surface area contributed by atoms with E-state index in [4.69, 9.17) is 0 Å². The van der Waals surface area contributed by atoms with Crippen LogP contribution in [0.2, 0.25) is 0 Å². The minimum Gasteiger partial charge on any atom is -1.00 e. The molecule has 0 saturated carbocycles. The normalized spacial score (nSPS) is 10.5. The van der Waals surface area contributed by atoms with Crippen molar-refractivity contribution in [2.24, 2.45) is 11.8 Å². The fourth-order valence-corrected chi connectivity index (χ4v) is 9.05. The van der Waals surface area contributed by atoms with Gasteiger partial charge >= 0.3 is 0 Å². The van der Waals surface area contributed by atoms with Gasteiger partial charge in [0, 0.05) is 57.9 Å². The fraction of sp³-hybridized carbons (Fsp3) is 0.333. The number of hydrogen-bond acceptors (Lipinski definition) is 4. The van der Waals surface area contributed by atoms with Gasteiger partial charge in [-0.1, -0.05) is 121 Å². The Labute approximate surface area is 295 Å². The molecular formula is C36H48Cl2N2S4. The maximum Gasteiger partial charge on any atom is 0.0784 e. The van der Waals surface area contributed by atoms with E-state index in [1.54, 1.807) is 0 Å². The standard InChI is InChI=1S/2C18H23NS2.2ClH/c2*19-11-18(14-20-12-16-7-3-1-4-8-16)15-21-13-17-9-5-2-6-10-17;;/h2*1-10,18H,11-15,19H2;2*1H. The molecule has 0 aliphatic heterocycles. The summed E-state index contributed by atoms with van der Waals surface area (Å²) in [7, 11) is 0. The molecule has 6 N–H and O–H groups in total. The molecule has 8 heteroatoms. The zero-order valence-corrected chi connectivity index (χ0v) is 30.4. The van der Waals surface area contributed by atoms with E-state index in [9.17, 15) is 0 Å². The predicted octanol–water partition coefficient (Wildman–Crippen LogP) is 1.43. The molecule has 0 bridgehead atoms. The third kappa shape index (κ3) is 18.7. The average Bonchev–Trinajstić information content (AvgIpc) is 3.05. The fourth-order valence-electron chi connectivity index (χ4n) is 4.10. The summed E-state index contributed by atoms with van der Waals surface area (Å²) in [6, 6.07) is 42.9. The lowest BCUT2D eigenvalue weighted by Crippen LogP contribution is -3.00. The van der Waals surface area contributed by atoms with E-state index < -0.39 is 0 Å². The third-order valence-corrected chi connectivity index (χ3v) is 11.7. The topological polar surface area (TPSA) is 55.3 Å². The van der Waals surface area contributed by atoms with E-state index in [2.05, 4.69) is 133 Å². The summed E-state index contributed by atoms with van der Waals surface area (Å²) in [6.45, 7) is 2.06. The van der Waals surface area contributed by atoms with E-state index in [-0.39, 0.29) is 24.8 Å². The molecule has 0 saturated heterocycles. The largest absolute Gasteiger partial charge is 1.00 e. The highest BCUT2D eigenvalue weighted by atomic mass is 35.5. The lowest BCUT2D eigenvalue weighted by atomic mass is 10.2. The third-order valence-electron chi connectivity index (χ3n) is 6.68. The molecule has 4 rings (SSSR count). The van der Waals surface area contributed by atoms with E-state index in [0.29, 0.717) is 11.8 Å². The van der Waals surface area contributed by atoms with Gasteiger partial charge < -0.3 is 36.3 Å². The monoisotopic (exact) mass is 706 g/mol. The van der Waals surface area contributed by atoms with Crippen molar-refractivity contribution in [1.82, 2.24) is 0 Å². The Kier molecular flexibility index (Phi) is 25.0. The number of halogens is 2. The van der Waals surface area contributed by atoms with Crippen LogP contribution in [0.1, 0.15) is 22.3 Å². The summed E-state index contributed by atoms with van der Waals surface area (Å²) in [4.78, 5) is 0. The zero-order valence-electron chi connectivity index (χ0n) is 25.6. The molecule has 0 heterocycles. The number of quaternary nitrogens is 2. The van der Waals surface area contributed by atoms with Crippen molar-refractivity contribution in [2.45, 2.75) is 23.0 Å². The van der Waals surface area contributed by atoms with E-state index in [0.717, 1.165) is 36.1 Å². The summed E-state index contributed by atoms with van der Waals surface area (Å²) < 4.78 is 0. The van der Waals surface area contributed by atoms with Gasteiger partial charge in [0.2, 0.25) is 0 Å². The summed E-state index contributed by atoms with van der Waals surface area (Å²) in [6.07, 6.45) is 0. The Morgan fingerprint density at radius 3 is 0.750 bits per heavy atom. The molecule has 0 unspecified atom stereocenters. The number of rotatable bonds is 18. The van der Waals surface area contributed by atoms with Gasteiger partial charge in [-0.15, -0.1) is 0 Å². The first kappa shape index (κ1) is 40.8. The minimum absolute atomic E-state index is 0. The molecule has 0 aliphatic carbocycles. The minimum atomic E-state index is 0. The van der Waals surface area contributed by atoms with Gasteiger partial charge in [-0.25, -0.2) is 0 Å². The lowest BCUT2D eigenvalue weighted by Gasteiger charge is -2.12. The number of benzene rings is 4. The molecule has 0 aromatic heterocycles. The van der Waals surface area contributed by atoms with Gasteiger partial charge in [-0.05, 0) is 22.3 Å². The first-order valence-corrected chi connectivity index (χ1v) is 19.4. The molecule has 4 aromatic carbocycles. The Hall–Kier alpha value is -1.22. The van der Waals surface area contributed by atoms with Crippen molar-refractivity contribution in [2.75, 3.05) is 36.1 Å². The van der Waals surface area contributed by atoms with Gasteiger partial charge in [-0.3, -0.25) is 0 Å². The van der Waals surface area contributed by atoms with Crippen LogP contribution in [0.5, 0.6) is 0 Å². The second-order valence-corrected chi connectivity index (χ2v) is 14.4. The SMILES string of the molecule is [Cl-].[Cl-].[NH3+]CC(CSCc1ccccc1)CSCc1ccccc1.[NH3+]CC(CSCc1ccccc1)CSCc1ccccc1. The Bertz CT molecular complexity index is 990. The van der Waals surface area contributed by atoms with E-state index >= 15 is 0 Å². The molecule has 4 aromatic rings. The molecule has 0 atom stereocenters. The molecule has 44 heavy (non-hydrogen) atoms. The summed E-state index contributed by atoms with van der Waals surface area (Å²) in [5.41, 5.74) is 13.9.